The predicted octanol–water partition coefficient (Wildman–Crippen LogP) is 3.70. The molecule has 0 saturated carbocycles. The van der Waals surface area contributed by atoms with Gasteiger partial charge in [-0.1, -0.05) is 12.1 Å². The Hall–Kier alpha value is -0.950. The van der Waals surface area contributed by atoms with E-state index in [0.29, 0.717) is 11.4 Å². The van der Waals surface area contributed by atoms with E-state index in [1.54, 1.807) is 18.3 Å². The highest BCUT2D eigenvalue weighted by molar-refractivity contribution is 14.1. The summed E-state index contributed by atoms with van der Waals surface area (Å²) in [5.74, 6) is 0.373. The molecule has 1 aromatic heterocycles. The van der Waals surface area contributed by atoms with Crippen LogP contribution in [0, 0.1) is 3.57 Å². The number of benzene rings is 1. The van der Waals surface area contributed by atoms with Crippen LogP contribution in [0.2, 0.25) is 0 Å². The number of nitrogens with one attached hydrogen (secondary N) is 1. The lowest BCUT2D eigenvalue weighted by Gasteiger charge is -2.05. The molecule has 1 heterocycles. The van der Waals surface area contributed by atoms with Crippen molar-refractivity contribution in [2.24, 2.45) is 0 Å². The van der Waals surface area contributed by atoms with Gasteiger partial charge in [0.15, 0.2) is 0 Å². The minimum absolute atomic E-state index is 0.175. The molecule has 0 spiro atoms. The molecule has 0 atom stereocenters. The van der Waals surface area contributed by atoms with E-state index >= 15 is 0 Å². The maximum absolute atomic E-state index is 11.9. The number of rotatable bonds is 2. The van der Waals surface area contributed by atoms with Gasteiger partial charge in [0, 0.05) is 14.2 Å². The predicted molar refractivity (Wildman–Crippen MR) is 79.0 cm³/mol. The van der Waals surface area contributed by atoms with E-state index in [9.17, 15) is 4.79 Å². The molecule has 0 saturated heterocycles. The zero-order valence-electron chi connectivity index (χ0n) is 8.65. The van der Waals surface area contributed by atoms with Crippen LogP contribution in [0.5, 0.6) is 0 Å². The van der Waals surface area contributed by atoms with Gasteiger partial charge in [-0.25, -0.2) is 4.98 Å². The Labute approximate surface area is 121 Å². The molecule has 0 radical (unpaired) electrons. The van der Waals surface area contributed by atoms with Crippen molar-refractivity contribution in [3.63, 3.8) is 0 Å². The first kappa shape index (κ1) is 12.5. The van der Waals surface area contributed by atoms with Gasteiger partial charge in [0.2, 0.25) is 0 Å². The summed E-state index contributed by atoms with van der Waals surface area (Å²) in [4.78, 5) is 16.1. The quantitative estimate of drug-likeness (QED) is 0.778. The molecule has 3 nitrogen and oxygen atoms in total. The first-order chi connectivity index (χ1) is 8.16. The van der Waals surface area contributed by atoms with Gasteiger partial charge in [-0.3, -0.25) is 4.79 Å². The maximum Gasteiger partial charge on any atom is 0.257 e. The highest BCUT2D eigenvalue weighted by Crippen LogP contribution is 2.17. The number of hydrogen-bond donors (Lipinski definition) is 1. The van der Waals surface area contributed by atoms with E-state index in [4.69, 9.17) is 0 Å². The van der Waals surface area contributed by atoms with Crippen LogP contribution < -0.4 is 5.32 Å². The fourth-order valence-electron chi connectivity index (χ4n) is 1.28. The number of aromatic nitrogens is 1. The van der Waals surface area contributed by atoms with Crippen LogP contribution in [-0.2, 0) is 0 Å². The summed E-state index contributed by atoms with van der Waals surface area (Å²) in [6.45, 7) is 0. The third-order valence-corrected chi connectivity index (χ3v) is 3.42. The lowest BCUT2D eigenvalue weighted by molar-refractivity contribution is 0.102. The standard InChI is InChI=1S/C12H8BrIN2O/c13-10-4-2-1-3-9(10)12(17)16-11-6-5-8(14)7-15-11/h1-7H,(H,15,16,17). The van der Waals surface area contributed by atoms with Gasteiger partial charge in [-0.15, -0.1) is 0 Å². The molecular weight excluding hydrogens is 395 g/mol. The van der Waals surface area contributed by atoms with E-state index < -0.39 is 0 Å². The van der Waals surface area contributed by atoms with Gasteiger partial charge >= 0.3 is 0 Å². The van der Waals surface area contributed by atoms with Crippen LogP contribution in [0.4, 0.5) is 5.82 Å². The monoisotopic (exact) mass is 402 g/mol. The van der Waals surface area contributed by atoms with Crippen molar-refractivity contribution < 1.29 is 4.79 Å². The highest BCUT2D eigenvalue weighted by atomic mass is 127. The fourth-order valence-corrected chi connectivity index (χ4v) is 2.06. The molecule has 0 fully saturated rings. The van der Waals surface area contributed by atoms with Crippen LogP contribution >= 0.6 is 38.5 Å². The van der Waals surface area contributed by atoms with Crippen LogP contribution in [-0.4, -0.2) is 10.9 Å². The number of pyridine rings is 1. The van der Waals surface area contributed by atoms with E-state index in [2.05, 4.69) is 48.8 Å². The van der Waals surface area contributed by atoms with Crippen molar-refractivity contribution in [2.45, 2.75) is 0 Å². The molecule has 86 valence electrons. The Bertz CT molecular complexity index is 542. The van der Waals surface area contributed by atoms with Crippen molar-refractivity contribution in [3.05, 3.63) is 56.2 Å². The normalized spacial score (nSPS) is 10.0. The molecule has 1 amide bonds. The molecule has 0 unspecified atom stereocenters. The molecule has 1 N–H and O–H groups in total. The summed E-state index contributed by atoms with van der Waals surface area (Å²) in [6.07, 6.45) is 1.70. The number of halogens is 2. The lowest BCUT2D eigenvalue weighted by atomic mass is 10.2. The summed E-state index contributed by atoms with van der Waals surface area (Å²) < 4.78 is 1.80. The SMILES string of the molecule is O=C(Nc1ccc(I)cn1)c1ccccc1Br. The Morgan fingerprint density at radius 3 is 2.65 bits per heavy atom. The molecule has 2 aromatic rings. The molecular formula is C12H8BrIN2O. The Morgan fingerprint density at radius 2 is 2.00 bits per heavy atom. The second-order valence-corrected chi connectivity index (χ2v) is 5.40. The molecule has 0 bridgehead atoms. The van der Waals surface area contributed by atoms with Crippen LogP contribution in [0.25, 0.3) is 0 Å². The third kappa shape index (κ3) is 3.26. The van der Waals surface area contributed by atoms with Crippen LogP contribution in [0.15, 0.2) is 47.1 Å². The lowest BCUT2D eigenvalue weighted by Crippen LogP contribution is -2.13. The molecule has 5 heteroatoms. The van der Waals surface area contributed by atoms with Crippen molar-refractivity contribution in [3.8, 4) is 0 Å². The van der Waals surface area contributed by atoms with Gasteiger partial charge in [0.1, 0.15) is 5.82 Å². The number of hydrogen-bond acceptors (Lipinski definition) is 2. The van der Waals surface area contributed by atoms with E-state index in [1.165, 1.54) is 0 Å². The van der Waals surface area contributed by atoms with Crippen molar-refractivity contribution in [2.75, 3.05) is 5.32 Å². The molecule has 17 heavy (non-hydrogen) atoms. The van der Waals surface area contributed by atoms with Gasteiger partial charge in [0.25, 0.3) is 5.91 Å². The Kier molecular flexibility index (Phi) is 4.11. The Morgan fingerprint density at radius 1 is 1.24 bits per heavy atom. The summed E-state index contributed by atoms with van der Waals surface area (Å²) >= 11 is 5.50. The average molecular weight is 403 g/mol. The van der Waals surface area contributed by atoms with E-state index in [1.807, 2.05) is 24.3 Å². The fraction of sp³-hybridized carbons (Fsp3) is 0. The summed E-state index contributed by atoms with van der Waals surface area (Å²) in [5.41, 5.74) is 0.591. The summed E-state index contributed by atoms with van der Waals surface area (Å²) in [5, 5.41) is 2.74. The second kappa shape index (κ2) is 5.59. The number of amides is 1. The molecule has 1 aromatic carbocycles. The highest BCUT2D eigenvalue weighted by Gasteiger charge is 2.09. The molecule has 0 aliphatic carbocycles. The largest absolute Gasteiger partial charge is 0.307 e. The van der Waals surface area contributed by atoms with Gasteiger partial charge < -0.3 is 5.32 Å². The third-order valence-electron chi connectivity index (χ3n) is 2.09. The van der Waals surface area contributed by atoms with Crippen molar-refractivity contribution in [1.29, 1.82) is 0 Å². The van der Waals surface area contributed by atoms with Crippen molar-refractivity contribution >= 4 is 50.2 Å². The van der Waals surface area contributed by atoms with E-state index in [-0.39, 0.29) is 5.91 Å². The molecule has 0 aliphatic heterocycles. The van der Waals surface area contributed by atoms with Gasteiger partial charge in [-0.2, -0.15) is 0 Å². The minimum atomic E-state index is -0.175. The van der Waals surface area contributed by atoms with Crippen molar-refractivity contribution in [1.82, 2.24) is 4.98 Å². The number of anilines is 1. The topological polar surface area (TPSA) is 42.0 Å². The van der Waals surface area contributed by atoms with Crippen LogP contribution in [0.1, 0.15) is 10.4 Å². The van der Waals surface area contributed by atoms with Gasteiger partial charge in [0.05, 0.1) is 5.56 Å². The van der Waals surface area contributed by atoms with Gasteiger partial charge in [-0.05, 0) is 62.8 Å². The first-order valence-electron chi connectivity index (χ1n) is 4.84. The average Bonchev–Trinajstić information content (AvgIpc) is 2.32. The Balaban J connectivity index is 2.17. The summed E-state index contributed by atoms with van der Waals surface area (Å²) in [7, 11) is 0. The zero-order chi connectivity index (χ0) is 12.3. The van der Waals surface area contributed by atoms with Crippen LogP contribution in [0.3, 0.4) is 0 Å². The maximum atomic E-state index is 11.9. The smallest absolute Gasteiger partial charge is 0.257 e. The molecule has 0 aliphatic rings. The minimum Gasteiger partial charge on any atom is -0.307 e. The van der Waals surface area contributed by atoms with E-state index in [0.717, 1.165) is 8.04 Å². The first-order valence-corrected chi connectivity index (χ1v) is 6.71. The number of carbonyl (C=O) groups excluding carboxylic acids is 1. The zero-order valence-corrected chi connectivity index (χ0v) is 12.4. The summed E-state index contributed by atoms with van der Waals surface area (Å²) in [6, 6.07) is 10.9. The number of nitrogens with zero attached hydrogens (tertiary/aromatic N) is 1. The number of carbonyl (C=O) groups is 1. The second-order valence-electron chi connectivity index (χ2n) is 3.30. The molecule has 2 rings (SSSR count).